The van der Waals surface area contributed by atoms with E-state index in [-0.39, 0.29) is 16.0 Å². The summed E-state index contributed by atoms with van der Waals surface area (Å²) < 4.78 is 12.1. The summed E-state index contributed by atoms with van der Waals surface area (Å²) >= 11 is 5.77. The Bertz CT molecular complexity index is 478. The molecule has 0 aliphatic carbocycles. The molecule has 0 aliphatic rings. The molecule has 1 atom stereocenters. The van der Waals surface area contributed by atoms with Gasteiger partial charge in [0.05, 0.1) is 21.4 Å². The van der Waals surface area contributed by atoms with Gasteiger partial charge in [0.15, 0.2) is 0 Å². The second-order valence-electron chi connectivity index (χ2n) is 5.31. The highest BCUT2D eigenvalue weighted by molar-refractivity contribution is 7.85. The number of halogens is 1. The predicted octanol–water partition coefficient (Wildman–Crippen LogP) is 3.58. The molecule has 0 spiro atoms. The molecule has 1 N–H and O–H groups in total. The van der Waals surface area contributed by atoms with Crippen molar-refractivity contribution < 1.29 is 14.1 Å². The van der Waals surface area contributed by atoms with Crippen LogP contribution in [0.1, 0.15) is 37.6 Å². The first-order valence-electron chi connectivity index (χ1n) is 5.62. The summed E-state index contributed by atoms with van der Waals surface area (Å²) in [5, 5.41) is 9.11. The van der Waals surface area contributed by atoms with Gasteiger partial charge in [0, 0.05) is 10.6 Å². The Labute approximate surface area is 115 Å². The van der Waals surface area contributed by atoms with Crippen molar-refractivity contribution in [2.75, 3.05) is 5.75 Å². The number of hydrogen-bond acceptors (Lipinski definition) is 2. The maximum atomic E-state index is 12.1. The van der Waals surface area contributed by atoms with Crippen LogP contribution in [0.15, 0.2) is 23.1 Å². The zero-order chi connectivity index (χ0) is 13.9. The van der Waals surface area contributed by atoms with Gasteiger partial charge in [0.1, 0.15) is 0 Å². The van der Waals surface area contributed by atoms with Gasteiger partial charge in [-0.3, -0.25) is 4.21 Å². The van der Waals surface area contributed by atoms with Gasteiger partial charge in [-0.05, 0) is 30.0 Å². The Morgan fingerprint density at radius 2 is 2.00 bits per heavy atom. The summed E-state index contributed by atoms with van der Waals surface area (Å²) in [4.78, 5) is 11.4. The molecule has 0 heterocycles. The third-order valence-corrected chi connectivity index (χ3v) is 4.15. The van der Waals surface area contributed by atoms with Crippen LogP contribution in [0.2, 0.25) is 5.02 Å². The lowest BCUT2D eigenvalue weighted by Crippen LogP contribution is -2.11. The van der Waals surface area contributed by atoms with E-state index in [9.17, 15) is 9.00 Å². The van der Waals surface area contributed by atoms with Crippen molar-refractivity contribution in [1.29, 1.82) is 0 Å². The standard InChI is InChI=1S/C13H17ClO3S/c1-13(2,3)6-7-18(17)9-4-5-11(14)10(8-9)12(15)16/h4-5,8H,6-7H2,1-3H3,(H,15,16). The van der Waals surface area contributed by atoms with E-state index >= 15 is 0 Å². The van der Waals surface area contributed by atoms with Gasteiger partial charge in [-0.1, -0.05) is 32.4 Å². The molecule has 0 saturated carbocycles. The van der Waals surface area contributed by atoms with Gasteiger partial charge < -0.3 is 5.11 Å². The topological polar surface area (TPSA) is 54.4 Å². The average Bonchev–Trinajstić information content (AvgIpc) is 2.25. The van der Waals surface area contributed by atoms with E-state index in [0.29, 0.717) is 10.6 Å². The first-order valence-corrected chi connectivity index (χ1v) is 7.31. The van der Waals surface area contributed by atoms with Crippen molar-refractivity contribution >= 4 is 28.4 Å². The van der Waals surface area contributed by atoms with E-state index in [2.05, 4.69) is 20.8 Å². The van der Waals surface area contributed by atoms with Crippen LogP contribution in [-0.2, 0) is 10.8 Å². The second kappa shape index (κ2) is 5.85. The minimum Gasteiger partial charge on any atom is -0.478 e. The van der Waals surface area contributed by atoms with Gasteiger partial charge in [-0.2, -0.15) is 0 Å². The molecule has 1 rings (SSSR count). The Balaban J connectivity index is 2.87. The van der Waals surface area contributed by atoms with Crippen LogP contribution in [0.5, 0.6) is 0 Å². The monoisotopic (exact) mass is 288 g/mol. The van der Waals surface area contributed by atoms with E-state index in [4.69, 9.17) is 16.7 Å². The fourth-order valence-electron chi connectivity index (χ4n) is 1.33. The molecule has 0 fully saturated rings. The fourth-order valence-corrected chi connectivity index (χ4v) is 3.03. The molecule has 0 aromatic heterocycles. The molecule has 3 nitrogen and oxygen atoms in total. The van der Waals surface area contributed by atoms with Crippen LogP contribution < -0.4 is 0 Å². The first kappa shape index (κ1) is 15.2. The minimum atomic E-state index is -1.19. The Morgan fingerprint density at radius 3 is 2.50 bits per heavy atom. The zero-order valence-corrected chi connectivity index (χ0v) is 12.3. The third kappa shape index (κ3) is 4.42. The highest BCUT2D eigenvalue weighted by Crippen LogP contribution is 2.23. The van der Waals surface area contributed by atoms with Crippen LogP contribution in [0.4, 0.5) is 0 Å². The van der Waals surface area contributed by atoms with Crippen molar-refractivity contribution in [2.24, 2.45) is 5.41 Å². The van der Waals surface area contributed by atoms with Crippen molar-refractivity contribution in [3.05, 3.63) is 28.8 Å². The van der Waals surface area contributed by atoms with Gasteiger partial charge in [0.2, 0.25) is 0 Å². The quantitative estimate of drug-likeness (QED) is 0.921. The van der Waals surface area contributed by atoms with Crippen LogP contribution >= 0.6 is 11.6 Å². The van der Waals surface area contributed by atoms with Crippen LogP contribution in [0, 0.1) is 5.41 Å². The molecule has 1 aromatic rings. The lowest BCUT2D eigenvalue weighted by Gasteiger charge is -2.17. The zero-order valence-electron chi connectivity index (χ0n) is 10.7. The normalized spacial score (nSPS) is 13.3. The number of aromatic carboxylic acids is 1. The second-order valence-corrected chi connectivity index (χ2v) is 7.29. The summed E-state index contributed by atoms with van der Waals surface area (Å²) in [6.45, 7) is 6.23. The molecule has 0 amide bonds. The molecular weight excluding hydrogens is 272 g/mol. The lowest BCUT2D eigenvalue weighted by molar-refractivity contribution is 0.0697. The predicted molar refractivity (Wildman–Crippen MR) is 73.8 cm³/mol. The van der Waals surface area contributed by atoms with E-state index in [0.717, 1.165) is 6.42 Å². The SMILES string of the molecule is CC(C)(C)CCS(=O)c1ccc(Cl)c(C(=O)O)c1. The van der Waals surface area contributed by atoms with Gasteiger partial charge in [-0.25, -0.2) is 4.79 Å². The molecule has 1 aromatic carbocycles. The van der Waals surface area contributed by atoms with E-state index < -0.39 is 16.8 Å². The summed E-state index contributed by atoms with van der Waals surface area (Å²) in [7, 11) is -1.19. The van der Waals surface area contributed by atoms with Crippen molar-refractivity contribution in [3.63, 3.8) is 0 Å². The third-order valence-electron chi connectivity index (χ3n) is 2.47. The number of carboxylic acids is 1. The van der Waals surface area contributed by atoms with E-state index in [1.54, 1.807) is 6.07 Å². The average molecular weight is 289 g/mol. The first-order chi connectivity index (χ1) is 8.20. The molecule has 100 valence electrons. The van der Waals surface area contributed by atoms with Crippen molar-refractivity contribution in [1.82, 2.24) is 0 Å². The lowest BCUT2D eigenvalue weighted by atomic mass is 9.94. The number of hydrogen-bond donors (Lipinski definition) is 1. The molecule has 0 aliphatic heterocycles. The summed E-state index contributed by atoms with van der Waals surface area (Å²) in [5.74, 6) is -0.584. The largest absolute Gasteiger partial charge is 0.478 e. The molecule has 0 saturated heterocycles. The van der Waals surface area contributed by atoms with E-state index in [1.807, 2.05) is 0 Å². The number of carbonyl (C=O) groups is 1. The molecular formula is C13H17ClO3S. The number of benzene rings is 1. The van der Waals surface area contributed by atoms with Gasteiger partial charge in [0.25, 0.3) is 0 Å². The maximum Gasteiger partial charge on any atom is 0.337 e. The Morgan fingerprint density at radius 1 is 1.39 bits per heavy atom. The minimum absolute atomic E-state index is 0.00160. The van der Waals surface area contributed by atoms with Crippen LogP contribution in [0.25, 0.3) is 0 Å². The number of carboxylic acid groups (broad SMARTS) is 1. The molecule has 1 unspecified atom stereocenters. The molecule has 5 heteroatoms. The van der Waals surface area contributed by atoms with Gasteiger partial charge >= 0.3 is 5.97 Å². The number of rotatable bonds is 4. The van der Waals surface area contributed by atoms with Crippen molar-refractivity contribution in [2.45, 2.75) is 32.1 Å². The summed E-state index contributed by atoms with van der Waals surface area (Å²) in [6, 6.07) is 4.49. The molecule has 0 radical (unpaired) electrons. The smallest absolute Gasteiger partial charge is 0.337 e. The highest BCUT2D eigenvalue weighted by Gasteiger charge is 2.15. The Kier molecular flexibility index (Phi) is 4.93. The summed E-state index contributed by atoms with van der Waals surface area (Å²) in [5.41, 5.74) is 0.107. The molecule has 0 bridgehead atoms. The highest BCUT2D eigenvalue weighted by atomic mass is 35.5. The van der Waals surface area contributed by atoms with Crippen LogP contribution in [0.3, 0.4) is 0 Å². The van der Waals surface area contributed by atoms with Crippen LogP contribution in [-0.4, -0.2) is 21.0 Å². The fraction of sp³-hybridized carbons (Fsp3) is 0.462. The molecule has 18 heavy (non-hydrogen) atoms. The van der Waals surface area contributed by atoms with E-state index in [1.165, 1.54) is 12.1 Å². The maximum absolute atomic E-state index is 12.1. The Hall–Kier alpha value is -0.870. The van der Waals surface area contributed by atoms with Gasteiger partial charge in [-0.15, -0.1) is 0 Å². The summed E-state index contributed by atoms with van der Waals surface area (Å²) in [6.07, 6.45) is 0.810. The van der Waals surface area contributed by atoms with Crippen molar-refractivity contribution in [3.8, 4) is 0 Å².